The fraction of sp³-hybridized carbons (Fsp3) is 0.0909. The lowest BCUT2D eigenvalue weighted by Crippen LogP contribution is -2.32. The average molecular weight is 215 g/mol. The van der Waals surface area contributed by atoms with Crippen molar-refractivity contribution in [1.82, 2.24) is 15.2 Å². The summed E-state index contributed by atoms with van der Waals surface area (Å²) in [6.45, 7) is 0. The van der Waals surface area contributed by atoms with Gasteiger partial charge in [0.1, 0.15) is 5.69 Å². The van der Waals surface area contributed by atoms with Gasteiger partial charge in [-0.2, -0.15) is 5.10 Å². The van der Waals surface area contributed by atoms with E-state index < -0.39 is 0 Å². The van der Waals surface area contributed by atoms with Crippen molar-refractivity contribution in [1.29, 1.82) is 0 Å². The summed E-state index contributed by atoms with van der Waals surface area (Å²) >= 11 is 0. The molecule has 2 rings (SSSR count). The number of aryl methyl sites for hydroxylation is 1. The van der Waals surface area contributed by atoms with Crippen LogP contribution in [0.15, 0.2) is 47.6 Å². The third kappa shape index (κ3) is 2.09. The van der Waals surface area contributed by atoms with E-state index in [0.717, 1.165) is 11.4 Å². The zero-order chi connectivity index (χ0) is 11.4. The number of amidine groups is 1. The van der Waals surface area contributed by atoms with Crippen molar-refractivity contribution in [3.63, 3.8) is 0 Å². The molecule has 0 aliphatic carbocycles. The maximum absolute atomic E-state index is 5.46. The SMILES string of the molecule is Cn1nccc1C(=Nc1ccccc1)NN. The summed E-state index contributed by atoms with van der Waals surface area (Å²) in [4.78, 5) is 4.40. The maximum atomic E-state index is 5.46. The first-order valence-electron chi connectivity index (χ1n) is 4.90. The molecule has 0 saturated heterocycles. The van der Waals surface area contributed by atoms with E-state index in [4.69, 9.17) is 5.84 Å². The van der Waals surface area contributed by atoms with Crippen molar-refractivity contribution in [3.8, 4) is 0 Å². The average Bonchev–Trinajstić information content (AvgIpc) is 2.74. The molecule has 0 spiro atoms. The van der Waals surface area contributed by atoms with E-state index in [9.17, 15) is 0 Å². The Labute approximate surface area is 93.6 Å². The van der Waals surface area contributed by atoms with Crippen LogP contribution in [-0.4, -0.2) is 15.6 Å². The van der Waals surface area contributed by atoms with Crippen LogP contribution in [0.4, 0.5) is 5.69 Å². The molecule has 0 unspecified atom stereocenters. The summed E-state index contributed by atoms with van der Waals surface area (Å²) < 4.78 is 1.71. The molecule has 0 amide bonds. The number of benzene rings is 1. The Kier molecular flexibility index (Phi) is 2.98. The minimum atomic E-state index is 0.589. The normalized spacial score (nSPS) is 11.5. The molecular formula is C11H13N5. The quantitative estimate of drug-likeness (QED) is 0.339. The predicted octanol–water partition coefficient (Wildman–Crippen LogP) is 0.962. The second-order valence-electron chi connectivity index (χ2n) is 3.28. The molecule has 82 valence electrons. The van der Waals surface area contributed by atoms with Gasteiger partial charge >= 0.3 is 0 Å². The van der Waals surface area contributed by atoms with Crippen LogP contribution in [-0.2, 0) is 7.05 Å². The molecule has 0 radical (unpaired) electrons. The van der Waals surface area contributed by atoms with Crippen LogP contribution < -0.4 is 11.3 Å². The molecule has 16 heavy (non-hydrogen) atoms. The van der Waals surface area contributed by atoms with Crippen molar-refractivity contribution in [2.45, 2.75) is 0 Å². The van der Waals surface area contributed by atoms with Crippen LogP contribution in [0.1, 0.15) is 5.69 Å². The van der Waals surface area contributed by atoms with Gasteiger partial charge in [-0.05, 0) is 18.2 Å². The zero-order valence-electron chi connectivity index (χ0n) is 8.96. The Morgan fingerprint density at radius 2 is 2.06 bits per heavy atom. The molecule has 0 fully saturated rings. The number of rotatable bonds is 2. The summed E-state index contributed by atoms with van der Waals surface area (Å²) in [6.07, 6.45) is 1.70. The molecule has 0 atom stereocenters. The van der Waals surface area contributed by atoms with E-state index in [0.29, 0.717) is 5.84 Å². The number of nitrogens with one attached hydrogen (secondary N) is 1. The summed E-state index contributed by atoms with van der Waals surface area (Å²) in [7, 11) is 1.84. The van der Waals surface area contributed by atoms with Crippen LogP contribution in [0.2, 0.25) is 0 Å². The molecule has 0 bridgehead atoms. The van der Waals surface area contributed by atoms with E-state index in [1.165, 1.54) is 0 Å². The Morgan fingerprint density at radius 3 is 2.62 bits per heavy atom. The molecule has 0 saturated carbocycles. The van der Waals surface area contributed by atoms with Crippen molar-refractivity contribution < 1.29 is 0 Å². The largest absolute Gasteiger partial charge is 0.307 e. The summed E-state index contributed by atoms with van der Waals surface area (Å²) in [5.74, 6) is 6.05. The Balaban J connectivity index is 2.37. The van der Waals surface area contributed by atoms with Crippen molar-refractivity contribution >= 4 is 11.5 Å². The minimum Gasteiger partial charge on any atom is -0.307 e. The van der Waals surface area contributed by atoms with E-state index in [2.05, 4.69) is 15.5 Å². The molecule has 5 nitrogen and oxygen atoms in total. The van der Waals surface area contributed by atoms with Gasteiger partial charge < -0.3 is 5.43 Å². The number of aliphatic imine (C=N–C) groups is 1. The van der Waals surface area contributed by atoms with Crippen molar-refractivity contribution in [2.24, 2.45) is 17.9 Å². The van der Waals surface area contributed by atoms with Crippen LogP contribution in [0.5, 0.6) is 0 Å². The van der Waals surface area contributed by atoms with E-state index in [1.54, 1.807) is 10.9 Å². The van der Waals surface area contributed by atoms with Gasteiger partial charge in [0.15, 0.2) is 5.84 Å². The molecule has 3 N–H and O–H groups in total. The van der Waals surface area contributed by atoms with Crippen LogP contribution in [0.25, 0.3) is 0 Å². The number of nitrogens with zero attached hydrogens (tertiary/aromatic N) is 3. The lowest BCUT2D eigenvalue weighted by Gasteiger charge is -2.05. The number of para-hydroxylation sites is 1. The van der Waals surface area contributed by atoms with E-state index >= 15 is 0 Å². The van der Waals surface area contributed by atoms with Gasteiger partial charge in [-0.25, -0.2) is 10.8 Å². The number of nitrogens with two attached hydrogens (primary N) is 1. The van der Waals surface area contributed by atoms with Gasteiger partial charge in [-0.15, -0.1) is 0 Å². The van der Waals surface area contributed by atoms with Gasteiger partial charge in [0.2, 0.25) is 0 Å². The van der Waals surface area contributed by atoms with Gasteiger partial charge in [0.25, 0.3) is 0 Å². The number of hydrogen-bond donors (Lipinski definition) is 2. The molecule has 0 aliphatic rings. The third-order valence-corrected chi connectivity index (χ3v) is 2.20. The lowest BCUT2D eigenvalue weighted by atomic mass is 10.3. The zero-order valence-corrected chi connectivity index (χ0v) is 8.96. The highest BCUT2D eigenvalue weighted by molar-refractivity contribution is 5.98. The Morgan fingerprint density at radius 1 is 1.31 bits per heavy atom. The molecule has 1 aromatic carbocycles. The lowest BCUT2D eigenvalue weighted by molar-refractivity contribution is 0.754. The first kappa shape index (κ1) is 10.4. The van der Waals surface area contributed by atoms with Crippen molar-refractivity contribution in [2.75, 3.05) is 0 Å². The molecule has 5 heteroatoms. The Bertz CT molecular complexity index is 486. The molecule has 1 aromatic heterocycles. The number of hydrogen-bond acceptors (Lipinski definition) is 3. The van der Waals surface area contributed by atoms with Crippen LogP contribution in [0, 0.1) is 0 Å². The first-order chi connectivity index (χ1) is 7.81. The van der Waals surface area contributed by atoms with Gasteiger partial charge in [-0.1, -0.05) is 18.2 Å². The highest BCUT2D eigenvalue weighted by Gasteiger charge is 2.05. The topological polar surface area (TPSA) is 68.2 Å². The molecule has 0 aliphatic heterocycles. The maximum Gasteiger partial charge on any atom is 0.166 e. The van der Waals surface area contributed by atoms with Gasteiger partial charge in [-0.3, -0.25) is 4.68 Å². The molecular weight excluding hydrogens is 202 g/mol. The third-order valence-electron chi connectivity index (χ3n) is 2.20. The summed E-state index contributed by atoms with van der Waals surface area (Å²) in [6, 6.07) is 11.5. The smallest absolute Gasteiger partial charge is 0.166 e. The van der Waals surface area contributed by atoms with Gasteiger partial charge in [0, 0.05) is 13.2 Å². The second kappa shape index (κ2) is 4.59. The fourth-order valence-electron chi connectivity index (χ4n) is 1.40. The second-order valence-corrected chi connectivity index (χ2v) is 3.28. The van der Waals surface area contributed by atoms with Crippen LogP contribution >= 0.6 is 0 Å². The highest BCUT2D eigenvalue weighted by Crippen LogP contribution is 2.11. The van der Waals surface area contributed by atoms with Gasteiger partial charge in [0.05, 0.1) is 5.69 Å². The van der Waals surface area contributed by atoms with E-state index in [1.807, 2.05) is 43.4 Å². The highest BCUT2D eigenvalue weighted by atomic mass is 15.3. The predicted molar refractivity (Wildman–Crippen MR) is 63.2 cm³/mol. The molecule has 2 aromatic rings. The van der Waals surface area contributed by atoms with Crippen molar-refractivity contribution in [3.05, 3.63) is 48.3 Å². The number of aromatic nitrogens is 2. The fourth-order valence-corrected chi connectivity index (χ4v) is 1.40. The first-order valence-corrected chi connectivity index (χ1v) is 4.90. The summed E-state index contributed by atoms with van der Waals surface area (Å²) in [5, 5.41) is 4.07. The standard InChI is InChI=1S/C11H13N5/c1-16-10(7-8-13-16)11(15-12)14-9-5-3-2-4-6-9/h2-8H,12H2,1H3,(H,14,15). The number of hydrazine groups is 1. The summed E-state index contributed by atoms with van der Waals surface area (Å²) in [5.41, 5.74) is 4.27. The Hall–Kier alpha value is -2.14. The van der Waals surface area contributed by atoms with Crippen LogP contribution in [0.3, 0.4) is 0 Å². The van der Waals surface area contributed by atoms with E-state index in [-0.39, 0.29) is 0 Å². The molecule has 1 heterocycles. The monoisotopic (exact) mass is 215 g/mol. The minimum absolute atomic E-state index is 0.589.